The number of nitrogens with zero attached hydrogens (tertiary/aromatic N) is 2. The molecule has 6 heteroatoms. The molecule has 1 atom stereocenters. The van der Waals surface area contributed by atoms with Crippen molar-refractivity contribution < 1.29 is 19.1 Å². The highest BCUT2D eigenvalue weighted by Crippen LogP contribution is 2.43. The lowest BCUT2D eigenvalue weighted by atomic mass is 9.72. The van der Waals surface area contributed by atoms with E-state index in [4.69, 9.17) is 14.5 Å². The second-order valence-corrected chi connectivity index (χ2v) is 17.7. The maximum Gasteiger partial charge on any atom is 0.335 e. The zero-order valence-electron chi connectivity index (χ0n) is 36.2. The first-order valence-corrected chi connectivity index (χ1v) is 20.2. The maximum absolute atomic E-state index is 12.6. The number of ketones is 1. The number of aromatic nitrogens is 1. The third kappa shape index (κ3) is 19.2. The van der Waals surface area contributed by atoms with Gasteiger partial charge < -0.3 is 9.52 Å². The SMILES string of the molecule is C=C(/C=C\N=C(C)CCC)C(=O)O.CCC(C)C(=O)c1cc2nc(C3CCC(C)(C)CC3)cc(C(C)(C)C)c2o1.CCCC.CCCCC(C)(C)C. The molecule has 2 heterocycles. The summed E-state index contributed by atoms with van der Waals surface area (Å²) in [4.78, 5) is 32.0. The Bertz CT molecular complexity index is 1420. The van der Waals surface area contributed by atoms with Crippen LogP contribution < -0.4 is 0 Å². The zero-order chi connectivity index (χ0) is 40.3. The number of carbonyl (C=O) groups excluding carboxylic acids is 1. The molecule has 0 aliphatic heterocycles. The van der Waals surface area contributed by atoms with Crippen LogP contribution in [0.25, 0.3) is 11.1 Å². The molecule has 0 radical (unpaired) electrons. The van der Waals surface area contributed by atoms with Gasteiger partial charge in [-0.2, -0.15) is 0 Å². The molecular formula is C46H78N2O4. The topological polar surface area (TPSA) is 92.8 Å². The Morgan fingerprint density at radius 3 is 2.00 bits per heavy atom. The maximum atomic E-state index is 12.6. The summed E-state index contributed by atoms with van der Waals surface area (Å²) in [6, 6.07) is 4.11. The summed E-state index contributed by atoms with van der Waals surface area (Å²) < 4.78 is 6.07. The summed E-state index contributed by atoms with van der Waals surface area (Å²) in [6.07, 6.45) is 17.2. The minimum Gasteiger partial charge on any atom is -0.478 e. The zero-order valence-corrected chi connectivity index (χ0v) is 36.2. The van der Waals surface area contributed by atoms with E-state index in [0.717, 1.165) is 41.6 Å². The fraction of sp³-hybridized carbons (Fsp3) is 0.696. The lowest BCUT2D eigenvalue weighted by Gasteiger charge is -2.34. The van der Waals surface area contributed by atoms with E-state index in [2.05, 4.69) is 101 Å². The Morgan fingerprint density at radius 1 is 1.00 bits per heavy atom. The van der Waals surface area contributed by atoms with Gasteiger partial charge in [-0.15, -0.1) is 0 Å². The van der Waals surface area contributed by atoms with E-state index in [1.807, 2.05) is 26.8 Å². The molecule has 1 aliphatic rings. The number of rotatable bonds is 12. The molecule has 0 bridgehead atoms. The molecule has 3 rings (SSSR count). The van der Waals surface area contributed by atoms with Gasteiger partial charge in [0, 0.05) is 41.1 Å². The van der Waals surface area contributed by atoms with E-state index in [9.17, 15) is 9.59 Å². The van der Waals surface area contributed by atoms with Crippen molar-refractivity contribution in [1.82, 2.24) is 4.98 Å². The molecule has 1 unspecified atom stereocenters. The Kier molecular flexibility index (Phi) is 22.2. The Labute approximate surface area is 319 Å². The van der Waals surface area contributed by atoms with Gasteiger partial charge >= 0.3 is 5.97 Å². The minimum atomic E-state index is -1.01. The van der Waals surface area contributed by atoms with Crippen molar-refractivity contribution in [3.8, 4) is 0 Å². The molecule has 52 heavy (non-hydrogen) atoms. The van der Waals surface area contributed by atoms with Crippen LogP contribution in [-0.4, -0.2) is 27.6 Å². The molecule has 1 N–H and O–H groups in total. The lowest BCUT2D eigenvalue weighted by molar-refractivity contribution is -0.132. The molecule has 0 aromatic carbocycles. The third-order valence-electron chi connectivity index (χ3n) is 9.60. The van der Waals surface area contributed by atoms with E-state index in [1.165, 1.54) is 75.8 Å². The van der Waals surface area contributed by atoms with E-state index in [-0.39, 0.29) is 22.7 Å². The van der Waals surface area contributed by atoms with Crippen LogP contribution in [0.1, 0.15) is 209 Å². The van der Waals surface area contributed by atoms with Crippen LogP contribution in [0.2, 0.25) is 0 Å². The average molecular weight is 723 g/mol. The number of carbonyl (C=O) groups is 2. The van der Waals surface area contributed by atoms with Crippen LogP contribution in [0.5, 0.6) is 0 Å². The van der Waals surface area contributed by atoms with Crippen molar-refractivity contribution in [3.05, 3.63) is 53.6 Å². The first kappa shape index (κ1) is 49.0. The normalized spacial score (nSPS) is 15.5. The number of pyridine rings is 1. The molecule has 0 spiro atoms. The van der Waals surface area contributed by atoms with Gasteiger partial charge in [-0.1, -0.05) is 136 Å². The van der Waals surface area contributed by atoms with Crippen LogP contribution >= 0.6 is 0 Å². The van der Waals surface area contributed by atoms with Crippen LogP contribution in [0.3, 0.4) is 0 Å². The van der Waals surface area contributed by atoms with Gasteiger partial charge in [0.15, 0.2) is 11.3 Å². The number of carboxylic acid groups (broad SMARTS) is 1. The van der Waals surface area contributed by atoms with Crippen LogP contribution in [0.15, 0.2) is 46.0 Å². The van der Waals surface area contributed by atoms with E-state index >= 15 is 0 Å². The number of hydrogen-bond acceptors (Lipinski definition) is 5. The van der Waals surface area contributed by atoms with Gasteiger partial charge in [0.05, 0.1) is 5.57 Å². The molecule has 0 saturated heterocycles. The number of unbranched alkanes of at least 4 members (excludes halogenated alkanes) is 2. The molecule has 1 saturated carbocycles. The monoisotopic (exact) mass is 723 g/mol. The summed E-state index contributed by atoms with van der Waals surface area (Å²) >= 11 is 0. The Hall–Kier alpha value is -3.02. The van der Waals surface area contributed by atoms with E-state index in [0.29, 0.717) is 22.5 Å². The van der Waals surface area contributed by atoms with E-state index < -0.39 is 5.97 Å². The molecule has 1 aliphatic carbocycles. The second kappa shape index (κ2) is 23.6. The highest BCUT2D eigenvalue weighted by molar-refractivity contribution is 5.98. The molecule has 0 amide bonds. The van der Waals surface area contributed by atoms with Crippen molar-refractivity contribution in [2.45, 2.75) is 192 Å². The van der Waals surface area contributed by atoms with Gasteiger partial charge in [-0.3, -0.25) is 9.79 Å². The fourth-order valence-electron chi connectivity index (χ4n) is 5.51. The molecule has 2 aromatic rings. The van der Waals surface area contributed by atoms with Crippen molar-refractivity contribution in [3.63, 3.8) is 0 Å². The van der Waals surface area contributed by atoms with Crippen LogP contribution in [0.4, 0.5) is 0 Å². The summed E-state index contributed by atoms with van der Waals surface area (Å²) in [5, 5.41) is 8.45. The minimum absolute atomic E-state index is 0.0244. The van der Waals surface area contributed by atoms with Crippen molar-refractivity contribution >= 4 is 28.6 Å². The number of Topliss-reactive ketones (excluding diaryl/α,β-unsaturated/α-hetero) is 1. The quantitative estimate of drug-likeness (QED) is 0.102. The molecule has 6 nitrogen and oxygen atoms in total. The second-order valence-electron chi connectivity index (χ2n) is 17.7. The standard InChI is InChI=1S/C24H35NO2.C10H15NO2.C8H18.C4H10/c1-8-15(2)21(26)20-14-19-22(27-20)17(23(3,4)5)13-18(25-19)16-9-11-24(6,7)12-10-16;1-4-5-9(3)11-7-6-8(2)10(12)13;1-5-6-7-8(2,3)4;1-3-4-2/h13-16H,8-12H2,1-7H3;6-7H,2,4-5H2,1,3H3,(H,12,13);5-7H2,1-4H3;3-4H2,1-2H3/b;7-6-,11-9?;;. The summed E-state index contributed by atoms with van der Waals surface area (Å²) in [7, 11) is 0. The summed E-state index contributed by atoms with van der Waals surface area (Å²) in [6.45, 7) is 36.1. The van der Waals surface area contributed by atoms with Gasteiger partial charge in [0.1, 0.15) is 5.52 Å². The van der Waals surface area contributed by atoms with Gasteiger partial charge in [0.2, 0.25) is 5.78 Å². The number of aliphatic carboxylic acids is 1. The van der Waals surface area contributed by atoms with Crippen molar-refractivity contribution in [2.24, 2.45) is 21.7 Å². The predicted octanol–water partition coefficient (Wildman–Crippen LogP) is 14.5. The van der Waals surface area contributed by atoms with Gasteiger partial charge in [0.25, 0.3) is 0 Å². The van der Waals surface area contributed by atoms with Crippen LogP contribution in [0, 0.1) is 16.7 Å². The molecule has 1 fully saturated rings. The third-order valence-corrected chi connectivity index (χ3v) is 9.60. The number of fused-ring (bicyclic) bond motifs is 1. The molecule has 2 aromatic heterocycles. The van der Waals surface area contributed by atoms with Crippen molar-refractivity contribution in [2.75, 3.05) is 0 Å². The molecular weight excluding hydrogens is 645 g/mol. The highest BCUT2D eigenvalue weighted by Gasteiger charge is 2.31. The smallest absolute Gasteiger partial charge is 0.335 e. The Morgan fingerprint density at radius 2 is 1.58 bits per heavy atom. The van der Waals surface area contributed by atoms with Crippen molar-refractivity contribution in [1.29, 1.82) is 0 Å². The van der Waals surface area contributed by atoms with Crippen LogP contribution in [-0.2, 0) is 10.2 Å². The fourth-order valence-corrected chi connectivity index (χ4v) is 5.51. The number of aliphatic imine (C=N–C) groups is 1. The Balaban J connectivity index is 0.000000862. The summed E-state index contributed by atoms with van der Waals surface area (Å²) in [5.41, 5.74) is 5.95. The van der Waals surface area contributed by atoms with Gasteiger partial charge in [-0.05, 0) is 80.3 Å². The average Bonchev–Trinajstić information content (AvgIpc) is 3.50. The first-order valence-electron chi connectivity index (χ1n) is 20.2. The number of furan rings is 1. The lowest BCUT2D eigenvalue weighted by Crippen LogP contribution is -2.21. The predicted molar refractivity (Wildman–Crippen MR) is 225 cm³/mol. The first-order chi connectivity index (χ1) is 24.1. The molecule has 296 valence electrons. The highest BCUT2D eigenvalue weighted by atomic mass is 16.4. The number of hydrogen-bond donors (Lipinski definition) is 1. The van der Waals surface area contributed by atoms with E-state index in [1.54, 1.807) is 0 Å². The number of carboxylic acids is 1. The van der Waals surface area contributed by atoms with Gasteiger partial charge in [-0.25, -0.2) is 9.78 Å². The summed E-state index contributed by atoms with van der Waals surface area (Å²) in [5.74, 6) is 0.00559. The largest absolute Gasteiger partial charge is 0.478 e.